The molecule has 1 aromatic rings. The number of aliphatic hydroxyl groups excluding tert-OH is 1. The van der Waals surface area contributed by atoms with Gasteiger partial charge in [0.05, 0.1) is 6.10 Å². The second-order valence-electron chi connectivity index (χ2n) is 5.50. The number of hydrogen-bond donors (Lipinski definition) is 1. The third kappa shape index (κ3) is 4.27. The van der Waals surface area contributed by atoms with E-state index in [1.54, 1.807) is 0 Å². The molecule has 2 rings (SSSR count). The van der Waals surface area contributed by atoms with Gasteiger partial charge in [-0.15, -0.1) is 0 Å². The Morgan fingerprint density at radius 2 is 2.32 bits per heavy atom. The third-order valence-corrected chi connectivity index (χ3v) is 3.79. The van der Waals surface area contributed by atoms with Crippen LogP contribution in [0.5, 0.6) is 0 Å². The lowest BCUT2D eigenvalue weighted by Gasteiger charge is -2.41. The molecule has 19 heavy (non-hydrogen) atoms. The molecule has 106 valence electrons. The van der Waals surface area contributed by atoms with Gasteiger partial charge in [0.15, 0.2) is 0 Å². The number of rotatable bonds is 5. The van der Waals surface area contributed by atoms with Crippen LogP contribution in [-0.4, -0.2) is 58.2 Å². The van der Waals surface area contributed by atoms with Crippen LogP contribution in [0.2, 0.25) is 0 Å². The van der Waals surface area contributed by atoms with Gasteiger partial charge >= 0.3 is 0 Å². The van der Waals surface area contributed by atoms with Gasteiger partial charge in [-0.05, 0) is 25.0 Å². The Hall–Kier alpha value is -0.970. The third-order valence-electron chi connectivity index (χ3n) is 3.79. The zero-order valence-corrected chi connectivity index (χ0v) is 12.0. The van der Waals surface area contributed by atoms with Gasteiger partial charge in [0.2, 0.25) is 0 Å². The normalized spacial score (nSPS) is 23.4. The fourth-order valence-electron chi connectivity index (χ4n) is 2.82. The van der Waals surface area contributed by atoms with Crippen LogP contribution in [0.3, 0.4) is 0 Å². The SMILES string of the molecule is CCC1CN(Cc2cccnc2)CCN1CC(C)O. The average molecular weight is 263 g/mol. The summed E-state index contributed by atoms with van der Waals surface area (Å²) in [6.45, 7) is 9.06. The number of aliphatic hydroxyl groups is 1. The Morgan fingerprint density at radius 3 is 2.95 bits per heavy atom. The molecule has 0 bridgehead atoms. The van der Waals surface area contributed by atoms with E-state index in [1.807, 2.05) is 25.4 Å². The highest BCUT2D eigenvalue weighted by Crippen LogP contribution is 2.15. The Balaban J connectivity index is 1.89. The summed E-state index contributed by atoms with van der Waals surface area (Å²) in [5.74, 6) is 0. The van der Waals surface area contributed by atoms with Gasteiger partial charge in [-0.1, -0.05) is 13.0 Å². The summed E-state index contributed by atoms with van der Waals surface area (Å²) in [7, 11) is 0. The van der Waals surface area contributed by atoms with Crippen molar-refractivity contribution in [1.29, 1.82) is 0 Å². The van der Waals surface area contributed by atoms with Crippen molar-refractivity contribution in [2.45, 2.75) is 39.0 Å². The van der Waals surface area contributed by atoms with Crippen molar-refractivity contribution in [3.05, 3.63) is 30.1 Å². The minimum atomic E-state index is -0.237. The lowest BCUT2D eigenvalue weighted by Crippen LogP contribution is -2.54. The van der Waals surface area contributed by atoms with Gasteiger partial charge in [0, 0.05) is 51.2 Å². The zero-order chi connectivity index (χ0) is 13.7. The highest BCUT2D eigenvalue weighted by Gasteiger charge is 2.26. The Kier molecular flexibility index (Phi) is 5.31. The van der Waals surface area contributed by atoms with Crippen LogP contribution >= 0.6 is 0 Å². The summed E-state index contributed by atoms with van der Waals surface area (Å²) < 4.78 is 0. The maximum absolute atomic E-state index is 9.56. The van der Waals surface area contributed by atoms with Gasteiger partial charge < -0.3 is 5.11 Å². The second kappa shape index (κ2) is 6.98. The van der Waals surface area contributed by atoms with Crippen LogP contribution in [0, 0.1) is 0 Å². The molecule has 1 aliphatic heterocycles. The maximum Gasteiger partial charge on any atom is 0.0639 e. The van der Waals surface area contributed by atoms with Crippen LogP contribution in [-0.2, 0) is 6.54 Å². The van der Waals surface area contributed by atoms with Crippen molar-refractivity contribution in [3.63, 3.8) is 0 Å². The van der Waals surface area contributed by atoms with E-state index in [-0.39, 0.29) is 6.10 Å². The highest BCUT2D eigenvalue weighted by atomic mass is 16.3. The van der Waals surface area contributed by atoms with E-state index in [2.05, 4.69) is 27.8 Å². The number of aromatic nitrogens is 1. The molecule has 4 heteroatoms. The van der Waals surface area contributed by atoms with Gasteiger partial charge in [-0.2, -0.15) is 0 Å². The standard InChI is InChI=1S/C15H25N3O/c1-3-15-12-17(7-8-18(15)10-13(2)19)11-14-5-4-6-16-9-14/h4-6,9,13,15,19H,3,7-8,10-12H2,1-2H3. The van der Waals surface area contributed by atoms with Crippen molar-refractivity contribution < 1.29 is 5.11 Å². The van der Waals surface area contributed by atoms with E-state index in [1.165, 1.54) is 5.56 Å². The Bertz CT molecular complexity index is 369. The molecule has 2 atom stereocenters. The number of β-amino-alcohol motifs (C(OH)–C–C–N with tert-alkyl or cyclic N) is 1. The molecule has 0 aromatic carbocycles. The first-order valence-corrected chi connectivity index (χ1v) is 7.22. The molecule has 0 spiro atoms. The zero-order valence-electron chi connectivity index (χ0n) is 12.0. The highest BCUT2D eigenvalue weighted by molar-refractivity contribution is 5.08. The molecule has 0 amide bonds. The number of nitrogens with zero attached hydrogens (tertiary/aromatic N) is 3. The van der Waals surface area contributed by atoms with Crippen LogP contribution in [0.25, 0.3) is 0 Å². The topological polar surface area (TPSA) is 39.6 Å². The summed E-state index contributed by atoms with van der Waals surface area (Å²) in [5.41, 5.74) is 1.28. The molecule has 1 aromatic heterocycles. The number of piperazine rings is 1. The predicted octanol–water partition coefficient (Wildman–Crippen LogP) is 1.36. The van der Waals surface area contributed by atoms with Crippen molar-refractivity contribution in [3.8, 4) is 0 Å². The molecule has 1 N–H and O–H groups in total. The molecular formula is C15H25N3O. The number of hydrogen-bond acceptors (Lipinski definition) is 4. The molecule has 0 aliphatic carbocycles. The summed E-state index contributed by atoms with van der Waals surface area (Å²) in [5, 5.41) is 9.56. The Labute approximate surface area is 116 Å². The van der Waals surface area contributed by atoms with Crippen LogP contribution in [0.4, 0.5) is 0 Å². The molecule has 2 unspecified atom stereocenters. The first-order chi connectivity index (χ1) is 9.19. The quantitative estimate of drug-likeness (QED) is 0.871. The van der Waals surface area contributed by atoms with E-state index in [0.717, 1.165) is 39.1 Å². The summed E-state index contributed by atoms with van der Waals surface area (Å²) in [6.07, 6.45) is 4.66. The monoisotopic (exact) mass is 263 g/mol. The lowest BCUT2D eigenvalue weighted by molar-refractivity contribution is 0.0337. The Morgan fingerprint density at radius 1 is 1.47 bits per heavy atom. The molecule has 0 saturated carbocycles. The summed E-state index contributed by atoms with van der Waals surface area (Å²) in [4.78, 5) is 9.08. The van der Waals surface area contributed by atoms with E-state index in [4.69, 9.17) is 0 Å². The van der Waals surface area contributed by atoms with E-state index < -0.39 is 0 Å². The second-order valence-corrected chi connectivity index (χ2v) is 5.50. The predicted molar refractivity (Wildman–Crippen MR) is 76.8 cm³/mol. The molecule has 4 nitrogen and oxygen atoms in total. The molecule has 1 aliphatic rings. The summed E-state index contributed by atoms with van der Waals surface area (Å²) >= 11 is 0. The van der Waals surface area contributed by atoms with Crippen molar-refractivity contribution in [2.75, 3.05) is 26.2 Å². The lowest BCUT2D eigenvalue weighted by atomic mass is 10.1. The fraction of sp³-hybridized carbons (Fsp3) is 0.667. The first-order valence-electron chi connectivity index (χ1n) is 7.22. The van der Waals surface area contributed by atoms with E-state index >= 15 is 0 Å². The maximum atomic E-state index is 9.56. The summed E-state index contributed by atoms with van der Waals surface area (Å²) in [6, 6.07) is 4.69. The van der Waals surface area contributed by atoms with Crippen LogP contribution in [0.1, 0.15) is 25.8 Å². The van der Waals surface area contributed by atoms with Gasteiger partial charge in [-0.25, -0.2) is 0 Å². The molecule has 1 saturated heterocycles. The van der Waals surface area contributed by atoms with Gasteiger partial charge in [-0.3, -0.25) is 14.8 Å². The number of pyridine rings is 1. The first kappa shape index (κ1) is 14.4. The van der Waals surface area contributed by atoms with Crippen molar-refractivity contribution in [1.82, 2.24) is 14.8 Å². The largest absolute Gasteiger partial charge is 0.392 e. The van der Waals surface area contributed by atoms with E-state index in [9.17, 15) is 5.11 Å². The minimum absolute atomic E-state index is 0.237. The van der Waals surface area contributed by atoms with Gasteiger partial charge in [0.1, 0.15) is 0 Å². The van der Waals surface area contributed by atoms with Crippen LogP contribution in [0.15, 0.2) is 24.5 Å². The van der Waals surface area contributed by atoms with Crippen LogP contribution < -0.4 is 0 Å². The van der Waals surface area contributed by atoms with E-state index in [0.29, 0.717) is 6.04 Å². The van der Waals surface area contributed by atoms with Gasteiger partial charge in [0.25, 0.3) is 0 Å². The molecular weight excluding hydrogens is 238 g/mol. The van der Waals surface area contributed by atoms with Crippen molar-refractivity contribution in [2.24, 2.45) is 0 Å². The fourth-order valence-corrected chi connectivity index (χ4v) is 2.82. The molecule has 0 radical (unpaired) electrons. The minimum Gasteiger partial charge on any atom is -0.392 e. The average Bonchev–Trinajstić information content (AvgIpc) is 2.41. The smallest absolute Gasteiger partial charge is 0.0639 e. The molecule has 2 heterocycles. The van der Waals surface area contributed by atoms with Crippen molar-refractivity contribution >= 4 is 0 Å². The molecule has 1 fully saturated rings.